The topological polar surface area (TPSA) is 86.8 Å². The van der Waals surface area contributed by atoms with Crippen LogP contribution < -0.4 is 10.8 Å². The van der Waals surface area contributed by atoms with E-state index < -0.39 is 48.0 Å². The molecule has 1 N–H and O–H groups in total. The standard InChI is InChI=1S/C23H26BF3N2O5/c1-13-10-18(28-12-17(13)24-33-21(3,4)22(5,6)34-24)29-20(31)19(32-14(2)30)15-8-7-9-16(11-15)23(25,26)27/h7-12,19H,1-6H3,(H,28,29,31). The number of amides is 1. The average Bonchev–Trinajstić information content (AvgIpc) is 2.92. The molecule has 2 aromatic rings. The second-order valence-electron chi connectivity index (χ2n) is 9.12. The summed E-state index contributed by atoms with van der Waals surface area (Å²) in [6.07, 6.45) is -4.71. The third kappa shape index (κ3) is 5.42. The number of pyridine rings is 1. The summed E-state index contributed by atoms with van der Waals surface area (Å²) in [5.74, 6) is -1.53. The number of aromatic nitrogens is 1. The first-order valence-corrected chi connectivity index (χ1v) is 10.6. The van der Waals surface area contributed by atoms with E-state index >= 15 is 0 Å². The van der Waals surface area contributed by atoms with Crippen LogP contribution in [0.2, 0.25) is 0 Å². The van der Waals surface area contributed by atoms with Gasteiger partial charge in [-0.1, -0.05) is 12.1 Å². The summed E-state index contributed by atoms with van der Waals surface area (Å²) in [6.45, 7) is 10.5. The fourth-order valence-electron chi connectivity index (χ4n) is 3.36. The normalized spacial score (nSPS) is 17.9. The third-order valence-corrected chi connectivity index (χ3v) is 5.95. The highest BCUT2D eigenvalue weighted by Gasteiger charge is 2.52. The molecule has 1 unspecified atom stereocenters. The van der Waals surface area contributed by atoms with Gasteiger partial charge in [-0.15, -0.1) is 0 Å². The number of nitrogens with zero attached hydrogens (tertiary/aromatic N) is 1. The SMILES string of the molecule is CC(=O)OC(C(=O)Nc1cc(C)c(B2OC(C)(C)C(C)(C)O2)cn1)c1cccc(C(F)(F)F)c1. The van der Waals surface area contributed by atoms with Gasteiger partial charge in [-0.2, -0.15) is 13.2 Å². The number of carbonyl (C=O) groups excluding carboxylic acids is 2. The fourth-order valence-corrected chi connectivity index (χ4v) is 3.36. The molecule has 34 heavy (non-hydrogen) atoms. The largest absolute Gasteiger partial charge is 0.496 e. The van der Waals surface area contributed by atoms with E-state index in [4.69, 9.17) is 14.0 Å². The number of ether oxygens (including phenoxy) is 1. The summed E-state index contributed by atoms with van der Waals surface area (Å²) in [5.41, 5.74) is -0.778. The van der Waals surface area contributed by atoms with Crippen LogP contribution in [0.1, 0.15) is 57.4 Å². The van der Waals surface area contributed by atoms with Crippen molar-refractivity contribution in [2.75, 3.05) is 5.32 Å². The van der Waals surface area contributed by atoms with Gasteiger partial charge in [0.05, 0.1) is 16.8 Å². The van der Waals surface area contributed by atoms with Crippen LogP contribution in [0.5, 0.6) is 0 Å². The van der Waals surface area contributed by atoms with E-state index in [-0.39, 0.29) is 11.4 Å². The number of hydrogen-bond acceptors (Lipinski definition) is 6. The van der Waals surface area contributed by atoms with Crippen molar-refractivity contribution in [3.8, 4) is 0 Å². The first-order chi connectivity index (χ1) is 15.6. The molecule has 0 spiro atoms. The Bertz CT molecular complexity index is 1090. The van der Waals surface area contributed by atoms with Crippen molar-refractivity contribution < 1.29 is 36.8 Å². The molecule has 0 saturated carbocycles. The zero-order valence-electron chi connectivity index (χ0n) is 19.7. The van der Waals surface area contributed by atoms with Crippen LogP contribution in [-0.4, -0.2) is 35.2 Å². The van der Waals surface area contributed by atoms with E-state index in [2.05, 4.69) is 10.3 Å². The molecule has 0 bridgehead atoms. The highest BCUT2D eigenvalue weighted by atomic mass is 19.4. The molecule has 1 saturated heterocycles. The predicted molar refractivity (Wildman–Crippen MR) is 119 cm³/mol. The Morgan fingerprint density at radius 3 is 2.26 bits per heavy atom. The zero-order chi connectivity index (χ0) is 25.5. The summed E-state index contributed by atoms with van der Waals surface area (Å²) >= 11 is 0. The predicted octanol–water partition coefficient (Wildman–Crippen LogP) is 3.95. The van der Waals surface area contributed by atoms with E-state index in [1.165, 1.54) is 12.3 Å². The maximum absolute atomic E-state index is 13.1. The number of rotatable bonds is 5. The van der Waals surface area contributed by atoms with E-state index in [0.717, 1.165) is 25.1 Å². The minimum atomic E-state index is -4.62. The molecular weight excluding hydrogens is 452 g/mol. The number of halogens is 3. The van der Waals surface area contributed by atoms with Gasteiger partial charge in [0.2, 0.25) is 6.10 Å². The number of nitrogens with one attached hydrogen (secondary N) is 1. The van der Waals surface area contributed by atoms with Crippen molar-refractivity contribution in [1.82, 2.24) is 4.98 Å². The van der Waals surface area contributed by atoms with Crippen LogP contribution >= 0.6 is 0 Å². The Balaban J connectivity index is 1.83. The van der Waals surface area contributed by atoms with Crippen LogP contribution in [0.15, 0.2) is 36.5 Å². The minimum Gasteiger partial charge on any atom is -0.447 e. The maximum atomic E-state index is 13.1. The van der Waals surface area contributed by atoms with Gasteiger partial charge in [0.1, 0.15) is 5.82 Å². The molecule has 1 atom stereocenters. The van der Waals surface area contributed by atoms with Gasteiger partial charge in [0, 0.05) is 24.1 Å². The molecule has 1 aliphatic rings. The summed E-state index contributed by atoms with van der Waals surface area (Å²) in [5, 5.41) is 2.51. The highest BCUT2D eigenvalue weighted by Crippen LogP contribution is 2.37. The van der Waals surface area contributed by atoms with Crippen LogP contribution in [0.4, 0.5) is 19.0 Å². The first-order valence-electron chi connectivity index (χ1n) is 10.6. The van der Waals surface area contributed by atoms with E-state index in [1.54, 1.807) is 13.0 Å². The van der Waals surface area contributed by atoms with Crippen molar-refractivity contribution >= 4 is 30.3 Å². The van der Waals surface area contributed by atoms with Crippen LogP contribution in [0.3, 0.4) is 0 Å². The van der Waals surface area contributed by atoms with Crippen molar-refractivity contribution in [3.05, 3.63) is 53.2 Å². The van der Waals surface area contributed by atoms with Gasteiger partial charge in [0.15, 0.2) is 0 Å². The van der Waals surface area contributed by atoms with Gasteiger partial charge in [-0.25, -0.2) is 4.98 Å². The molecule has 11 heteroatoms. The minimum absolute atomic E-state index is 0.118. The monoisotopic (exact) mass is 478 g/mol. The number of carbonyl (C=O) groups is 2. The molecule has 2 heterocycles. The molecule has 0 radical (unpaired) electrons. The summed E-state index contributed by atoms with van der Waals surface area (Å²) < 4.78 is 56.4. The third-order valence-electron chi connectivity index (χ3n) is 5.95. The van der Waals surface area contributed by atoms with Gasteiger partial charge in [0.25, 0.3) is 5.91 Å². The Morgan fingerprint density at radius 2 is 1.74 bits per heavy atom. The Morgan fingerprint density at radius 1 is 1.12 bits per heavy atom. The number of esters is 1. The van der Waals surface area contributed by atoms with Gasteiger partial charge >= 0.3 is 19.3 Å². The second kappa shape index (κ2) is 9.03. The molecule has 1 aromatic heterocycles. The lowest BCUT2D eigenvalue weighted by atomic mass is 9.77. The number of alkyl halides is 3. The molecular formula is C23H26BF3N2O5. The summed E-state index contributed by atoms with van der Waals surface area (Å²) in [7, 11) is -0.652. The van der Waals surface area contributed by atoms with Crippen molar-refractivity contribution in [2.45, 2.75) is 65.0 Å². The fraction of sp³-hybridized carbons (Fsp3) is 0.435. The Kier molecular flexibility index (Phi) is 6.83. The summed E-state index contributed by atoms with van der Waals surface area (Å²) in [4.78, 5) is 28.6. The number of hydrogen-bond donors (Lipinski definition) is 1. The van der Waals surface area contributed by atoms with E-state index in [0.29, 0.717) is 11.0 Å². The Labute approximate surface area is 196 Å². The highest BCUT2D eigenvalue weighted by molar-refractivity contribution is 6.62. The zero-order valence-corrected chi connectivity index (χ0v) is 19.7. The molecule has 182 valence electrons. The number of anilines is 1. The van der Waals surface area contributed by atoms with Crippen molar-refractivity contribution in [1.29, 1.82) is 0 Å². The van der Waals surface area contributed by atoms with Crippen molar-refractivity contribution in [3.63, 3.8) is 0 Å². The lowest BCUT2D eigenvalue weighted by Crippen LogP contribution is -2.41. The molecule has 1 aromatic carbocycles. The molecule has 1 amide bonds. The number of aryl methyl sites for hydroxylation is 1. The second-order valence-corrected chi connectivity index (χ2v) is 9.12. The summed E-state index contributed by atoms with van der Waals surface area (Å²) in [6, 6.07) is 5.64. The lowest BCUT2D eigenvalue weighted by molar-refractivity contribution is -0.152. The van der Waals surface area contributed by atoms with Gasteiger partial charge in [-0.05, 0) is 58.4 Å². The molecule has 1 aliphatic heterocycles. The quantitative estimate of drug-likeness (QED) is 0.518. The first kappa shape index (κ1) is 25.7. The van der Waals surface area contributed by atoms with Gasteiger partial charge in [-0.3, -0.25) is 9.59 Å². The van der Waals surface area contributed by atoms with Crippen LogP contribution in [0.25, 0.3) is 0 Å². The smallest absolute Gasteiger partial charge is 0.447 e. The average molecular weight is 478 g/mol. The number of benzene rings is 1. The van der Waals surface area contributed by atoms with Crippen LogP contribution in [0, 0.1) is 6.92 Å². The molecule has 3 rings (SSSR count). The molecule has 7 nitrogen and oxygen atoms in total. The Hall–Kier alpha value is -2.92. The van der Waals surface area contributed by atoms with E-state index in [1.807, 2.05) is 27.7 Å². The maximum Gasteiger partial charge on any atom is 0.496 e. The lowest BCUT2D eigenvalue weighted by Gasteiger charge is -2.32. The molecule has 0 aliphatic carbocycles. The van der Waals surface area contributed by atoms with Gasteiger partial charge < -0.3 is 19.4 Å². The van der Waals surface area contributed by atoms with Crippen LogP contribution in [-0.2, 0) is 29.8 Å². The van der Waals surface area contributed by atoms with E-state index in [9.17, 15) is 22.8 Å². The molecule has 1 fully saturated rings. The van der Waals surface area contributed by atoms with Crippen molar-refractivity contribution in [2.24, 2.45) is 0 Å².